The molecule has 1 N–H and O–H groups in total. The largest absolute Gasteiger partial charge is 0.289 e. The lowest BCUT2D eigenvalue weighted by Gasteiger charge is -1.96. The van der Waals surface area contributed by atoms with Gasteiger partial charge in [-0.2, -0.15) is 0 Å². The summed E-state index contributed by atoms with van der Waals surface area (Å²) in [6.07, 6.45) is 1.44. The zero-order valence-corrected chi connectivity index (χ0v) is 9.61. The molecule has 7 nitrogen and oxygen atoms in total. The van der Waals surface area contributed by atoms with Gasteiger partial charge in [-0.3, -0.25) is 20.0 Å². The third-order valence-corrected chi connectivity index (χ3v) is 2.77. The van der Waals surface area contributed by atoms with Crippen molar-refractivity contribution in [3.63, 3.8) is 0 Å². The van der Waals surface area contributed by atoms with Crippen LogP contribution < -0.4 is 5.56 Å². The topological polar surface area (TPSA) is 93.3 Å². The minimum atomic E-state index is -0.457. The lowest BCUT2D eigenvalue weighted by molar-refractivity contribution is -0.384. The van der Waals surface area contributed by atoms with Crippen LogP contribution in [0.25, 0.3) is 16.9 Å². The molecule has 94 valence electrons. The molecule has 0 radical (unpaired) electrons. The molecule has 0 amide bonds. The van der Waals surface area contributed by atoms with Crippen molar-refractivity contribution in [2.24, 2.45) is 0 Å². The van der Waals surface area contributed by atoms with Crippen molar-refractivity contribution in [1.29, 1.82) is 0 Å². The monoisotopic (exact) mass is 256 g/mol. The highest BCUT2D eigenvalue weighted by Crippen LogP contribution is 2.21. The Morgan fingerprint density at radius 1 is 1.21 bits per heavy atom. The van der Waals surface area contributed by atoms with Gasteiger partial charge >= 0.3 is 0 Å². The summed E-state index contributed by atoms with van der Waals surface area (Å²) in [4.78, 5) is 25.7. The lowest BCUT2D eigenvalue weighted by atomic mass is 10.1. The van der Waals surface area contributed by atoms with E-state index in [1.165, 1.54) is 28.9 Å². The molecule has 0 saturated heterocycles. The number of non-ortho nitro benzene ring substituents is 1. The first-order valence-corrected chi connectivity index (χ1v) is 5.47. The van der Waals surface area contributed by atoms with Crippen LogP contribution in [0.3, 0.4) is 0 Å². The Kier molecular flexibility index (Phi) is 2.38. The van der Waals surface area contributed by atoms with Crippen molar-refractivity contribution in [3.8, 4) is 11.3 Å². The molecule has 7 heteroatoms. The highest BCUT2D eigenvalue weighted by molar-refractivity contribution is 5.65. The summed E-state index contributed by atoms with van der Waals surface area (Å²) in [5.41, 5.74) is 1.73. The molecule has 19 heavy (non-hydrogen) atoms. The fourth-order valence-corrected chi connectivity index (χ4v) is 1.83. The predicted molar refractivity (Wildman–Crippen MR) is 67.9 cm³/mol. The summed E-state index contributed by atoms with van der Waals surface area (Å²) in [6, 6.07) is 9.13. The molecule has 0 aliphatic carbocycles. The van der Waals surface area contributed by atoms with Gasteiger partial charge in [0.1, 0.15) is 0 Å². The Morgan fingerprint density at radius 2 is 1.95 bits per heavy atom. The molecule has 0 aliphatic heterocycles. The Hall–Kier alpha value is -2.96. The van der Waals surface area contributed by atoms with Gasteiger partial charge in [0.25, 0.3) is 11.2 Å². The molecule has 0 fully saturated rings. The van der Waals surface area contributed by atoms with Crippen LogP contribution in [0, 0.1) is 10.1 Å². The highest BCUT2D eigenvalue weighted by Gasteiger charge is 2.08. The predicted octanol–water partition coefficient (Wildman–Crippen LogP) is 1.60. The molecule has 0 saturated carbocycles. The number of rotatable bonds is 2. The fraction of sp³-hybridized carbons (Fsp3) is 0. The third kappa shape index (κ3) is 1.86. The number of aromatic nitrogens is 3. The number of hydrogen-bond acceptors (Lipinski definition) is 4. The standard InChI is InChI=1S/C12H8N4O3/c17-12-5-6-13-11-7-10(14-15(11)12)8-1-3-9(4-2-8)16(18)19/h1-7,14H. The molecule has 3 aromatic rings. The van der Waals surface area contributed by atoms with Gasteiger partial charge in [-0.15, -0.1) is 0 Å². The number of nitrogens with zero attached hydrogens (tertiary/aromatic N) is 3. The van der Waals surface area contributed by atoms with Gasteiger partial charge in [-0.1, -0.05) is 0 Å². The Labute approximate surface area is 106 Å². The summed E-state index contributed by atoms with van der Waals surface area (Å²) in [6.45, 7) is 0. The van der Waals surface area contributed by atoms with Crippen LogP contribution in [0.4, 0.5) is 5.69 Å². The second-order valence-electron chi connectivity index (χ2n) is 3.95. The SMILES string of the molecule is O=c1ccnc2cc(-c3ccc([N+](=O)[O-])cc3)[nH]n12. The normalized spacial score (nSPS) is 10.7. The molecule has 0 unspecified atom stereocenters. The van der Waals surface area contributed by atoms with Crippen LogP contribution >= 0.6 is 0 Å². The minimum Gasteiger partial charge on any atom is -0.289 e. The number of fused-ring (bicyclic) bond motifs is 1. The van der Waals surface area contributed by atoms with E-state index in [0.29, 0.717) is 11.3 Å². The van der Waals surface area contributed by atoms with E-state index >= 15 is 0 Å². The summed E-state index contributed by atoms with van der Waals surface area (Å²) in [7, 11) is 0. The number of H-pyrrole nitrogens is 1. The van der Waals surface area contributed by atoms with E-state index in [0.717, 1.165) is 5.56 Å². The van der Waals surface area contributed by atoms with Crippen molar-refractivity contribution in [3.05, 3.63) is 63.1 Å². The summed E-state index contributed by atoms with van der Waals surface area (Å²) < 4.78 is 1.32. The molecule has 0 spiro atoms. The van der Waals surface area contributed by atoms with Gasteiger partial charge in [0.15, 0.2) is 5.65 Å². The first-order chi connectivity index (χ1) is 9.15. The first kappa shape index (κ1) is 11.1. The number of nitro benzene ring substituents is 1. The quantitative estimate of drug-likeness (QED) is 0.556. The van der Waals surface area contributed by atoms with Crippen molar-refractivity contribution in [2.45, 2.75) is 0 Å². The number of nitrogens with one attached hydrogen (secondary N) is 1. The highest BCUT2D eigenvalue weighted by atomic mass is 16.6. The van der Waals surface area contributed by atoms with Crippen molar-refractivity contribution < 1.29 is 4.92 Å². The van der Waals surface area contributed by atoms with E-state index in [-0.39, 0.29) is 11.2 Å². The molecular formula is C12H8N4O3. The van der Waals surface area contributed by atoms with Crippen LogP contribution in [0.1, 0.15) is 0 Å². The summed E-state index contributed by atoms with van der Waals surface area (Å²) >= 11 is 0. The van der Waals surface area contributed by atoms with Gasteiger partial charge in [0.05, 0.1) is 10.6 Å². The summed E-state index contributed by atoms with van der Waals surface area (Å²) in [5, 5.41) is 13.5. The number of aromatic amines is 1. The maximum absolute atomic E-state index is 11.6. The van der Waals surface area contributed by atoms with E-state index in [4.69, 9.17) is 0 Å². The number of benzene rings is 1. The third-order valence-electron chi connectivity index (χ3n) is 2.77. The van der Waals surface area contributed by atoms with Gasteiger partial charge in [-0.25, -0.2) is 9.50 Å². The molecule has 0 atom stereocenters. The maximum Gasteiger partial charge on any atom is 0.272 e. The van der Waals surface area contributed by atoms with Crippen LogP contribution in [0.2, 0.25) is 0 Å². The average molecular weight is 256 g/mol. The zero-order chi connectivity index (χ0) is 13.4. The molecule has 3 rings (SSSR count). The van der Waals surface area contributed by atoms with E-state index < -0.39 is 4.92 Å². The van der Waals surface area contributed by atoms with Crippen LogP contribution in [0.5, 0.6) is 0 Å². The second kappa shape index (κ2) is 4.05. The zero-order valence-electron chi connectivity index (χ0n) is 9.61. The Morgan fingerprint density at radius 3 is 2.58 bits per heavy atom. The maximum atomic E-state index is 11.6. The Bertz CT molecular complexity index is 817. The molecular weight excluding hydrogens is 248 g/mol. The number of hydrogen-bond donors (Lipinski definition) is 1. The fourth-order valence-electron chi connectivity index (χ4n) is 1.83. The second-order valence-corrected chi connectivity index (χ2v) is 3.95. The summed E-state index contributed by atoms with van der Waals surface area (Å²) in [5.74, 6) is 0. The van der Waals surface area contributed by atoms with Crippen LogP contribution in [-0.2, 0) is 0 Å². The van der Waals surface area contributed by atoms with Crippen molar-refractivity contribution >= 4 is 11.3 Å². The molecule has 0 aliphatic rings. The van der Waals surface area contributed by atoms with Crippen molar-refractivity contribution in [1.82, 2.24) is 14.6 Å². The van der Waals surface area contributed by atoms with E-state index in [2.05, 4.69) is 10.1 Å². The van der Waals surface area contributed by atoms with E-state index in [1.54, 1.807) is 18.2 Å². The van der Waals surface area contributed by atoms with Crippen molar-refractivity contribution in [2.75, 3.05) is 0 Å². The van der Waals surface area contributed by atoms with Gasteiger partial charge < -0.3 is 0 Å². The van der Waals surface area contributed by atoms with Gasteiger partial charge in [-0.05, 0) is 12.1 Å². The van der Waals surface area contributed by atoms with Crippen LogP contribution in [-0.4, -0.2) is 19.5 Å². The minimum absolute atomic E-state index is 0.0233. The molecule has 2 heterocycles. The van der Waals surface area contributed by atoms with E-state index in [9.17, 15) is 14.9 Å². The van der Waals surface area contributed by atoms with Crippen LogP contribution in [0.15, 0.2) is 47.4 Å². The van der Waals surface area contributed by atoms with E-state index in [1.807, 2.05) is 0 Å². The van der Waals surface area contributed by atoms with Gasteiger partial charge in [0, 0.05) is 36.0 Å². The number of nitro groups is 1. The molecule has 2 aromatic heterocycles. The smallest absolute Gasteiger partial charge is 0.272 e. The molecule has 0 bridgehead atoms. The Balaban J connectivity index is 2.11. The first-order valence-electron chi connectivity index (χ1n) is 5.47. The average Bonchev–Trinajstić information content (AvgIpc) is 2.84. The molecule has 1 aromatic carbocycles. The lowest BCUT2D eigenvalue weighted by Crippen LogP contribution is -2.12. The van der Waals surface area contributed by atoms with Gasteiger partial charge in [0.2, 0.25) is 0 Å².